The SMILES string of the molecule is COC(=O)c1c(NC2=CC(=O)N(CCO)C2=O)cccc1[N+](=O)[O-]. The second-order valence-electron chi connectivity index (χ2n) is 4.65. The van der Waals surface area contributed by atoms with Gasteiger partial charge in [-0.15, -0.1) is 0 Å². The third-order valence-electron chi connectivity index (χ3n) is 3.23. The van der Waals surface area contributed by atoms with E-state index in [9.17, 15) is 24.5 Å². The highest BCUT2D eigenvalue weighted by atomic mass is 16.6. The molecule has 2 N–H and O–H groups in total. The smallest absolute Gasteiger partial charge is 0.347 e. The average Bonchev–Trinajstić information content (AvgIpc) is 2.81. The molecule has 2 rings (SSSR count). The molecule has 1 heterocycles. The Morgan fingerprint density at radius 1 is 1.42 bits per heavy atom. The lowest BCUT2D eigenvalue weighted by Crippen LogP contribution is -2.34. The van der Waals surface area contributed by atoms with Gasteiger partial charge in [0.05, 0.1) is 30.9 Å². The Labute approximate surface area is 135 Å². The molecule has 0 saturated heterocycles. The number of nitrogens with one attached hydrogen (secondary N) is 1. The van der Waals surface area contributed by atoms with Crippen LogP contribution in [0.3, 0.4) is 0 Å². The predicted octanol–water partition coefficient (Wildman–Crippen LogP) is 0.0383. The van der Waals surface area contributed by atoms with E-state index in [1.165, 1.54) is 12.1 Å². The molecule has 1 aromatic carbocycles. The summed E-state index contributed by atoms with van der Waals surface area (Å²) in [4.78, 5) is 46.8. The number of benzene rings is 1. The third-order valence-corrected chi connectivity index (χ3v) is 3.23. The Kier molecular flexibility index (Phi) is 4.90. The number of aliphatic hydroxyl groups excluding tert-OH is 1. The number of hydrogen-bond donors (Lipinski definition) is 2. The molecule has 1 aliphatic rings. The molecular formula is C14H13N3O7. The van der Waals surface area contributed by atoms with Crippen molar-refractivity contribution in [2.45, 2.75) is 0 Å². The van der Waals surface area contributed by atoms with Crippen LogP contribution in [0.25, 0.3) is 0 Å². The van der Waals surface area contributed by atoms with Gasteiger partial charge in [0, 0.05) is 12.1 Å². The maximum absolute atomic E-state index is 12.1. The largest absolute Gasteiger partial charge is 0.465 e. The summed E-state index contributed by atoms with van der Waals surface area (Å²) in [5, 5.41) is 22.5. The minimum atomic E-state index is -0.964. The highest BCUT2D eigenvalue weighted by molar-refractivity contribution is 6.18. The maximum atomic E-state index is 12.1. The summed E-state index contributed by atoms with van der Waals surface area (Å²) in [5.41, 5.74) is -1.09. The Morgan fingerprint density at radius 3 is 2.71 bits per heavy atom. The molecule has 0 aliphatic carbocycles. The molecule has 1 aromatic rings. The van der Waals surface area contributed by atoms with E-state index >= 15 is 0 Å². The molecule has 1 aliphatic heterocycles. The van der Waals surface area contributed by atoms with Crippen LogP contribution in [0.4, 0.5) is 11.4 Å². The summed E-state index contributed by atoms with van der Waals surface area (Å²) in [6, 6.07) is 3.78. The van der Waals surface area contributed by atoms with Crippen molar-refractivity contribution in [3.8, 4) is 0 Å². The van der Waals surface area contributed by atoms with Crippen LogP contribution in [0.5, 0.6) is 0 Å². The van der Waals surface area contributed by atoms with Crippen molar-refractivity contribution in [2.24, 2.45) is 0 Å². The third kappa shape index (κ3) is 3.08. The first-order valence-electron chi connectivity index (χ1n) is 6.71. The first kappa shape index (κ1) is 17.1. The number of aliphatic hydroxyl groups is 1. The number of nitrogens with zero attached hydrogens (tertiary/aromatic N) is 2. The second-order valence-corrected chi connectivity index (χ2v) is 4.65. The van der Waals surface area contributed by atoms with E-state index in [2.05, 4.69) is 10.1 Å². The standard InChI is InChI=1S/C14H13N3O7/c1-24-14(21)12-8(3-2-4-10(12)17(22)23)15-9-7-11(19)16(5-6-18)13(9)20/h2-4,7,15,18H,5-6H2,1H3. The van der Waals surface area contributed by atoms with E-state index in [0.29, 0.717) is 0 Å². The van der Waals surface area contributed by atoms with E-state index < -0.39 is 35.0 Å². The number of β-amino-alcohol motifs (C(OH)–C–C–N with tert-alkyl or cyclic N) is 1. The number of nitro groups is 1. The Morgan fingerprint density at radius 2 is 2.12 bits per heavy atom. The van der Waals surface area contributed by atoms with Crippen LogP contribution in [0, 0.1) is 10.1 Å². The van der Waals surface area contributed by atoms with Gasteiger partial charge in [-0.05, 0) is 6.07 Å². The van der Waals surface area contributed by atoms with E-state index in [1.54, 1.807) is 0 Å². The van der Waals surface area contributed by atoms with E-state index in [-0.39, 0.29) is 23.5 Å². The van der Waals surface area contributed by atoms with Crippen molar-refractivity contribution in [1.29, 1.82) is 0 Å². The maximum Gasteiger partial charge on any atom is 0.347 e. The van der Waals surface area contributed by atoms with Crippen LogP contribution in [0.15, 0.2) is 30.0 Å². The predicted molar refractivity (Wildman–Crippen MR) is 79.9 cm³/mol. The minimum absolute atomic E-state index is 0.0469. The zero-order valence-corrected chi connectivity index (χ0v) is 12.5. The number of imide groups is 1. The van der Waals surface area contributed by atoms with Crippen LogP contribution < -0.4 is 5.32 Å². The van der Waals surface area contributed by atoms with Crippen molar-refractivity contribution >= 4 is 29.2 Å². The van der Waals surface area contributed by atoms with Gasteiger partial charge in [0.25, 0.3) is 17.5 Å². The Bertz CT molecular complexity index is 757. The van der Waals surface area contributed by atoms with Gasteiger partial charge in [0.15, 0.2) is 5.56 Å². The molecule has 10 heteroatoms. The number of carbonyl (C=O) groups is 3. The summed E-state index contributed by atoms with van der Waals surface area (Å²) in [7, 11) is 1.06. The summed E-state index contributed by atoms with van der Waals surface area (Å²) in [5.74, 6) is -2.31. The molecule has 24 heavy (non-hydrogen) atoms. The van der Waals surface area contributed by atoms with Gasteiger partial charge in [0.2, 0.25) is 0 Å². The lowest BCUT2D eigenvalue weighted by atomic mass is 10.1. The summed E-state index contributed by atoms with van der Waals surface area (Å²) in [6.07, 6.45) is 0.984. The van der Waals surface area contributed by atoms with E-state index in [4.69, 9.17) is 5.11 Å². The Balaban J connectivity index is 2.41. The molecule has 0 saturated carbocycles. The molecule has 10 nitrogen and oxygen atoms in total. The Hall–Kier alpha value is -3.27. The zero-order chi connectivity index (χ0) is 17.9. The van der Waals surface area contributed by atoms with Crippen LogP contribution in [-0.4, -0.2) is 53.0 Å². The number of nitro benzene ring substituents is 1. The normalized spacial score (nSPS) is 13.8. The topological polar surface area (TPSA) is 139 Å². The number of amides is 2. The van der Waals surface area contributed by atoms with Gasteiger partial charge in [-0.3, -0.25) is 24.6 Å². The highest BCUT2D eigenvalue weighted by Gasteiger charge is 2.32. The van der Waals surface area contributed by atoms with Gasteiger partial charge in [-0.25, -0.2) is 4.79 Å². The molecule has 2 amide bonds. The van der Waals surface area contributed by atoms with Crippen molar-refractivity contribution < 1.29 is 29.2 Å². The number of methoxy groups -OCH3 is 1. The number of carbonyl (C=O) groups excluding carboxylic acids is 3. The van der Waals surface area contributed by atoms with Gasteiger partial charge in [-0.1, -0.05) is 6.07 Å². The monoisotopic (exact) mass is 335 g/mol. The lowest BCUT2D eigenvalue weighted by Gasteiger charge is -2.14. The first-order valence-corrected chi connectivity index (χ1v) is 6.71. The van der Waals surface area contributed by atoms with Gasteiger partial charge >= 0.3 is 5.97 Å². The van der Waals surface area contributed by atoms with Crippen LogP contribution in [0.1, 0.15) is 10.4 Å². The fourth-order valence-electron chi connectivity index (χ4n) is 2.17. The number of ether oxygens (including phenoxy) is 1. The van der Waals surface area contributed by atoms with Gasteiger partial charge in [0.1, 0.15) is 5.70 Å². The zero-order valence-electron chi connectivity index (χ0n) is 12.5. The molecule has 0 unspecified atom stereocenters. The van der Waals surface area contributed by atoms with Gasteiger partial charge in [-0.2, -0.15) is 0 Å². The fourth-order valence-corrected chi connectivity index (χ4v) is 2.17. The first-order chi connectivity index (χ1) is 11.4. The molecule has 0 aromatic heterocycles. The number of esters is 1. The molecule has 0 fully saturated rings. The number of anilines is 1. The van der Waals surface area contributed by atoms with Crippen molar-refractivity contribution in [2.75, 3.05) is 25.6 Å². The summed E-state index contributed by atoms with van der Waals surface area (Å²) >= 11 is 0. The number of hydrogen-bond acceptors (Lipinski definition) is 8. The molecule has 0 radical (unpaired) electrons. The van der Waals surface area contributed by atoms with E-state index in [1.807, 2.05) is 0 Å². The number of rotatable bonds is 6. The van der Waals surface area contributed by atoms with Gasteiger partial charge < -0.3 is 15.2 Å². The lowest BCUT2D eigenvalue weighted by molar-refractivity contribution is -0.385. The minimum Gasteiger partial charge on any atom is -0.465 e. The average molecular weight is 335 g/mol. The van der Waals surface area contributed by atoms with Crippen LogP contribution >= 0.6 is 0 Å². The van der Waals surface area contributed by atoms with E-state index in [0.717, 1.165) is 24.2 Å². The molecule has 0 bridgehead atoms. The van der Waals surface area contributed by atoms with Crippen molar-refractivity contribution in [1.82, 2.24) is 4.90 Å². The molecule has 126 valence electrons. The van der Waals surface area contributed by atoms with Crippen LogP contribution in [-0.2, 0) is 14.3 Å². The van der Waals surface area contributed by atoms with Crippen molar-refractivity contribution in [3.05, 3.63) is 45.6 Å². The molecule has 0 atom stereocenters. The summed E-state index contributed by atoms with van der Waals surface area (Å²) < 4.78 is 4.54. The molecule has 0 spiro atoms. The highest BCUT2D eigenvalue weighted by Crippen LogP contribution is 2.29. The molecular weight excluding hydrogens is 322 g/mol. The fraction of sp³-hybridized carbons (Fsp3) is 0.214. The van der Waals surface area contributed by atoms with Crippen LogP contribution in [0.2, 0.25) is 0 Å². The summed E-state index contributed by atoms with van der Waals surface area (Å²) in [6.45, 7) is -0.582. The quantitative estimate of drug-likeness (QED) is 0.321. The van der Waals surface area contributed by atoms with Crippen molar-refractivity contribution in [3.63, 3.8) is 0 Å². The second kappa shape index (κ2) is 6.87.